The molecule has 0 saturated heterocycles. The van der Waals surface area contributed by atoms with E-state index in [1.165, 1.54) is 38.6 Å². The Morgan fingerprint density at radius 2 is 1.34 bits per heavy atom. The molecule has 32 heavy (non-hydrogen) atoms. The maximum absolute atomic E-state index is 5.87. The van der Waals surface area contributed by atoms with E-state index >= 15 is 0 Å². The lowest BCUT2D eigenvalue weighted by Crippen LogP contribution is -2.51. The van der Waals surface area contributed by atoms with Crippen LogP contribution in [0.4, 0.5) is 0 Å². The standard InChI is InChI=1S/C22H54N2O5Si3/c1-9-24(10-2)19-15-13-11-12-14-17-22(32(27-5,28-6)29-7)30-21-23-18-16-20-31(8,25-3)26-4/h22-23H,9-21,30H2,1-8H3. The number of nitrogens with zero attached hydrogens (tertiary/aromatic N) is 1. The van der Waals surface area contributed by atoms with Crippen LogP contribution in [0, 0.1) is 0 Å². The summed E-state index contributed by atoms with van der Waals surface area (Å²) in [5, 5.41) is 4.11. The molecule has 0 fully saturated rings. The van der Waals surface area contributed by atoms with Gasteiger partial charge in [0.1, 0.15) is 0 Å². The van der Waals surface area contributed by atoms with Crippen molar-refractivity contribution in [1.29, 1.82) is 0 Å². The number of hydrogen-bond acceptors (Lipinski definition) is 7. The molecule has 1 atom stereocenters. The van der Waals surface area contributed by atoms with E-state index in [-0.39, 0.29) is 0 Å². The van der Waals surface area contributed by atoms with Gasteiger partial charge in [0.2, 0.25) is 0 Å². The van der Waals surface area contributed by atoms with Crippen LogP contribution in [0.15, 0.2) is 0 Å². The zero-order valence-electron chi connectivity index (χ0n) is 22.5. The first kappa shape index (κ1) is 32.4. The average Bonchev–Trinajstić information content (AvgIpc) is 2.83. The molecular weight excluding hydrogens is 457 g/mol. The summed E-state index contributed by atoms with van der Waals surface area (Å²) in [7, 11) is 3.82. The number of nitrogens with one attached hydrogen (secondary N) is 1. The second-order valence-corrected chi connectivity index (χ2v) is 18.4. The van der Waals surface area contributed by atoms with Gasteiger partial charge in [0.15, 0.2) is 0 Å². The van der Waals surface area contributed by atoms with E-state index in [4.69, 9.17) is 22.1 Å². The van der Waals surface area contributed by atoms with Gasteiger partial charge in [0.05, 0.1) is 0 Å². The van der Waals surface area contributed by atoms with Crippen LogP contribution < -0.4 is 5.32 Å². The van der Waals surface area contributed by atoms with Gasteiger partial charge in [-0.2, -0.15) is 0 Å². The number of rotatable bonds is 23. The van der Waals surface area contributed by atoms with Gasteiger partial charge < -0.3 is 32.3 Å². The lowest BCUT2D eigenvalue weighted by Gasteiger charge is -2.32. The molecule has 0 aliphatic rings. The van der Waals surface area contributed by atoms with Crippen molar-refractivity contribution in [3.05, 3.63) is 0 Å². The molecule has 10 heteroatoms. The summed E-state index contributed by atoms with van der Waals surface area (Å²) < 4.78 is 28.7. The van der Waals surface area contributed by atoms with Crippen LogP contribution in [-0.2, 0) is 22.1 Å². The van der Waals surface area contributed by atoms with Crippen molar-refractivity contribution in [1.82, 2.24) is 10.2 Å². The molecule has 194 valence electrons. The first-order chi connectivity index (χ1) is 15.4. The summed E-state index contributed by atoms with van der Waals surface area (Å²) in [5.41, 5.74) is 0. The van der Waals surface area contributed by atoms with E-state index in [0.29, 0.717) is 5.16 Å². The smallest absolute Gasteiger partial charge is 0.398 e. The summed E-state index contributed by atoms with van der Waals surface area (Å²) in [6, 6.07) is 1.01. The van der Waals surface area contributed by atoms with Crippen molar-refractivity contribution in [2.45, 2.75) is 76.5 Å². The quantitative estimate of drug-likeness (QED) is 0.167. The molecule has 7 nitrogen and oxygen atoms in total. The molecule has 0 aliphatic carbocycles. The minimum absolute atomic E-state index is 0.428. The molecule has 0 aliphatic heterocycles. The SMILES string of the molecule is CCN(CC)CCCCCCCC([SiH2]CNCCC[Si](C)(OC)OC)[Si](OC)(OC)OC. The molecule has 1 unspecified atom stereocenters. The largest absolute Gasteiger partial charge is 0.500 e. The predicted octanol–water partition coefficient (Wildman–Crippen LogP) is 3.35. The maximum Gasteiger partial charge on any atom is 0.500 e. The van der Waals surface area contributed by atoms with Crippen LogP contribution in [0.2, 0.25) is 17.8 Å². The highest BCUT2D eigenvalue weighted by Gasteiger charge is 2.46. The Balaban J connectivity index is 4.36. The van der Waals surface area contributed by atoms with E-state index in [0.717, 1.165) is 44.7 Å². The highest BCUT2D eigenvalue weighted by atomic mass is 28.4. The van der Waals surface area contributed by atoms with Gasteiger partial charge in [0.25, 0.3) is 0 Å². The number of unbranched alkanes of at least 4 members (excludes halogenated alkanes) is 4. The minimum Gasteiger partial charge on any atom is -0.398 e. The Kier molecular flexibility index (Phi) is 19.9. The summed E-state index contributed by atoms with van der Waals surface area (Å²) in [4.78, 5) is 2.51. The lowest BCUT2D eigenvalue weighted by atomic mass is 10.1. The van der Waals surface area contributed by atoms with E-state index in [9.17, 15) is 0 Å². The van der Waals surface area contributed by atoms with Crippen molar-refractivity contribution in [3.8, 4) is 0 Å². The molecule has 0 heterocycles. The summed E-state index contributed by atoms with van der Waals surface area (Å²) >= 11 is 0. The molecular formula is C22H54N2O5Si3. The van der Waals surface area contributed by atoms with Crippen molar-refractivity contribution in [2.24, 2.45) is 0 Å². The van der Waals surface area contributed by atoms with Crippen molar-refractivity contribution >= 4 is 26.9 Å². The lowest BCUT2D eigenvalue weighted by molar-refractivity contribution is 0.118. The third kappa shape index (κ3) is 12.7. The predicted molar refractivity (Wildman–Crippen MR) is 142 cm³/mol. The van der Waals surface area contributed by atoms with Gasteiger partial charge in [-0.05, 0) is 64.2 Å². The molecule has 1 N–H and O–H groups in total. The van der Waals surface area contributed by atoms with Crippen LogP contribution in [0.5, 0.6) is 0 Å². The first-order valence-electron chi connectivity index (χ1n) is 12.6. The van der Waals surface area contributed by atoms with Crippen LogP contribution in [0.25, 0.3) is 0 Å². The Morgan fingerprint density at radius 3 is 1.88 bits per heavy atom. The van der Waals surface area contributed by atoms with Gasteiger partial charge in [-0.1, -0.05) is 39.5 Å². The summed E-state index contributed by atoms with van der Waals surface area (Å²) in [5.74, 6) is 0. The molecule has 0 saturated carbocycles. The second kappa shape index (κ2) is 19.7. The monoisotopic (exact) mass is 510 g/mol. The summed E-state index contributed by atoms with van der Waals surface area (Å²) in [6.45, 7) is 11.2. The highest BCUT2D eigenvalue weighted by molar-refractivity contribution is 6.73. The fourth-order valence-electron chi connectivity index (χ4n) is 4.27. The van der Waals surface area contributed by atoms with E-state index in [1.807, 2.05) is 0 Å². The van der Waals surface area contributed by atoms with Crippen molar-refractivity contribution in [2.75, 3.05) is 67.9 Å². The number of hydrogen-bond donors (Lipinski definition) is 1. The zero-order chi connectivity index (χ0) is 24.3. The van der Waals surface area contributed by atoms with Crippen LogP contribution in [0.1, 0.15) is 58.8 Å². The van der Waals surface area contributed by atoms with E-state index < -0.39 is 26.9 Å². The van der Waals surface area contributed by atoms with Gasteiger partial charge in [0, 0.05) is 50.2 Å². The molecule has 0 rings (SSSR count). The Morgan fingerprint density at radius 1 is 0.781 bits per heavy atom. The van der Waals surface area contributed by atoms with E-state index in [2.05, 4.69) is 30.6 Å². The van der Waals surface area contributed by atoms with Gasteiger partial charge >= 0.3 is 17.4 Å². The molecule has 0 aromatic carbocycles. The van der Waals surface area contributed by atoms with Gasteiger partial charge in [-0.15, -0.1) is 0 Å². The Labute approximate surface area is 203 Å². The van der Waals surface area contributed by atoms with Gasteiger partial charge in [-0.25, -0.2) is 0 Å². The maximum atomic E-state index is 5.87. The molecule has 0 radical (unpaired) electrons. The van der Waals surface area contributed by atoms with Crippen LogP contribution in [-0.4, -0.2) is 99.7 Å². The van der Waals surface area contributed by atoms with Gasteiger partial charge in [-0.3, -0.25) is 0 Å². The Hall–Kier alpha value is 0.371. The topological polar surface area (TPSA) is 61.4 Å². The minimum atomic E-state index is -2.58. The third-order valence-corrected chi connectivity index (χ3v) is 16.9. The molecule has 0 spiro atoms. The molecule has 0 amide bonds. The van der Waals surface area contributed by atoms with Crippen LogP contribution in [0.3, 0.4) is 0 Å². The highest BCUT2D eigenvalue weighted by Crippen LogP contribution is 2.28. The summed E-state index contributed by atoms with van der Waals surface area (Å²) in [6.07, 6.45) is 9.79. The van der Waals surface area contributed by atoms with Crippen molar-refractivity contribution < 1.29 is 22.1 Å². The first-order valence-corrected chi connectivity index (χ1v) is 18.7. The van der Waals surface area contributed by atoms with E-state index in [1.54, 1.807) is 35.5 Å². The molecule has 0 aromatic rings. The van der Waals surface area contributed by atoms with Crippen molar-refractivity contribution in [3.63, 3.8) is 0 Å². The Bertz CT molecular complexity index is 418. The average molecular weight is 511 g/mol. The van der Waals surface area contributed by atoms with Crippen LogP contribution >= 0.6 is 0 Å². The molecule has 0 bridgehead atoms. The fraction of sp³-hybridized carbons (Fsp3) is 1.00. The molecule has 0 aromatic heterocycles. The third-order valence-electron chi connectivity index (χ3n) is 6.79. The normalized spacial score (nSPS) is 14.2. The fourth-order valence-corrected chi connectivity index (χ4v) is 12.4. The zero-order valence-corrected chi connectivity index (χ0v) is 25.9. The second-order valence-electron chi connectivity index (χ2n) is 8.68.